The van der Waals surface area contributed by atoms with E-state index in [0.717, 1.165) is 29.7 Å². The lowest BCUT2D eigenvalue weighted by Crippen LogP contribution is -2.25. The molecule has 1 aromatic carbocycles. The second-order valence-electron chi connectivity index (χ2n) is 6.34. The standard InChI is InChI=1S/C17H28BrNO2/c1-13(2)11-19-12-14-10-15(6-7-16(14)18)21-9-8-17(3,4)20-5/h6-7,10,13,19H,8-9,11-12H2,1-5H3. The van der Waals surface area contributed by atoms with Gasteiger partial charge in [-0.25, -0.2) is 0 Å². The van der Waals surface area contributed by atoms with Gasteiger partial charge in [0.15, 0.2) is 0 Å². The largest absolute Gasteiger partial charge is 0.493 e. The molecule has 0 spiro atoms. The Morgan fingerprint density at radius 2 is 2.00 bits per heavy atom. The highest BCUT2D eigenvalue weighted by atomic mass is 79.9. The van der Waals surface area contributed by atoms with Crippen molar-refractivity contribution in [2.24, 2.45) is 5.92 Å². The molecule has 0 aliphatic heterocycles. The summed E-state index contributed by atoms with van der Waals surface area (Å²) in [6, 6.07) is 6.14. The number of ether oxygens (including phenoxy) is 2. The number of nitrogens with one attached hydrogen (secondary N) is 1. The summed E-state index contributed by atoms with van der Waals surface area (Å²) < 4.78 is 12.3. The van der Waals surface area contributed by atoms with Crippen LogP contribution < -0.4 is 10.1 Å². The fourth-order valence-corrected chi connectivity index (χ4v) is 2.18. The van der Waals surface area contributed by atoms with Crippen molar-refractivity contribution in [1.82, 2.24) is 5.32 Å². The maximum absolute atomic E-state index is 5.84. The predicted octanol–water partition coefficient (Wildman–Crippen LogP) is 4.39. The van der Waals surface area contributed by atoms with E-state index in [1.54, 1.807) is 7.11 Å². The number of methoxy groups -OCH3 is 1. The summed E-state index contributed by atoms with van der Waals surface area (Å²) in [5, 5.41) is 3.45. The van der Waals surface area contributed by atoms with Gasteiger partial charge in [0.2, 0.25) is 0 Å². The fraction of sp³-hybridized carbons (Fsp3) is 0.647. The third-order valence-electron chi connectivity index (χ3n) is 3.41. The second kappa shape index (κ2) is 8.76. The zero-order valence-corrected chi connectivity index (χ0v) is 15.4. The normalized spacial score (nSPS) is 12.0. The van der Waals surface area contributed by atoms with Crippen LogP contribution in [0.5, 0.6) is 5.75 Å². The summed E-state index contributed by atoms with van der Waals surface area (Å²) in [5.74, 6) is 1.56. The zero-order valence-electron chi connectivity index (χ0n) is 13.8. The summed E-state index contributed by atoms with van der Waals surface area (Å²) in [5.41, 5.74) is 1.08. The van der Waals surface area contributed by atoms with Crippen LogP contribution in [-0.2, 0) is 11.3 Å². The Labute approximate surface area is 137 Å². The van der Waals surface area contributed by atoms with Crippen LogP contribution >= 0.6 is 15.9 Å². The molecule has 0 amide bonds. The summed E-state index contributed by atoms with van der Waals surface area (Å²) >= 11 is 3.59. The Balaban J connectivity index is 2.52. The molecule has 0 heterocycles. The van der Waals surface area contributed by atoms with Gasteiger partial charge >= 0.3 is 0 Å². The van der Waals surface area contributed by atoms with Gasteiger partial charge in [-0.15, -0.1) is 0 Å². The van der Waals surface area contributed by atoms with E-state index < -0.39 is 0 Å². The average molecular weight is 358 g/mol. The smallest absolute Gasteiger partial charge is 0.119 e. The van der Waals surface area contributed by atoms with E-state index >= 15 is 0 Å². The SMILES string of the molecule is COC(C)(C)CCOc1ccc(Br)c(CNCC(C)C)c1. The summed E-state index contributed by atoms with van der Waals surface area (Å²) in [7, 11) is 1.73. The maximum Gasteiger partial charge on any atom is 0.119 e. The molecule has 0 bridgehead atoms. The van der Waals surface area contributed by atoms with Gasteiger partial charge in [0, 0.05) is 24.5 Å². The number of hydrogen-bond donors (Lipinski definition) is 1. The fourth-order valence-electron chi connectivity index (χ4n) is 1.79. The van der Waals surface area contributed by atoms with Crippen molar-refractivity contribution in [2.45, 2.75) is 46.3 Å². The van der Waals surface area contributed by atoms with Crippen LogP contribution in [-0.4, -0.2) is 25.9 Å². The van der Waals surface area contributed by atoms with Gasteiger partial charge in [0.1, 0.15) is 5.75 Å². The first-order chi connectivity index (χ1) is 9.84. The lowest BCUT2D eigenvalue weighted by molar-refractivity contribution is 0.00545. The van der Waals surface area contributed by atoms with Gasteiger partial charge in [0.05, 0.1) is 12.2 Å². The topological polar surface area (TPSA) is 30.5 Å². The minimum Gasteiger partial charge on any atom is -0.493 e. The van der Waals surface area contributed by atoms with Crippen LogP contribution in [0.2, 0.25) is 0 Å². The summed E-state index contributed by atoms with van der Waals surface area (Å²) in [6.07, 6.45) is 0.862. The highest BCUT2D eigenvalue weighted by Gasteiger charge is 2.16. The van der Waals surface area contributed by atoms with Crippen molar-refractivity contribution in [1.29, 1.82) is 0 Å². The van der Waals surface area contributed by atoms with E-state index in [0.29, 0.717) is 12.5 Å². The molecule has 0 saturated carbocycles. The molecule has 0 radical (unpaired) electrons. The van der Waals surface area contributed by atoms with E-state index in [1.165, 1.54) is 5.56 Å². The third kappa shape index (κ3) is 7.30. The molecule has 0 aliphatic carbocycles. The molecule has 0 saturated heterocycles. The highest BCUT2D eigenvalue weighted by molar-refractivity contribution is 9.10. The molecule has 1 N–H and O–H groups in total. The van der Waals surface area contributed by atoms with Gasteiger partial charge in [-0.1, -0.05) is 29.8 Å². The van der Waals surface area contributed by atoms with E-state index in [9.17, 15) is 0 Å². The van der Waals surface area contributed by atoms with Crippen LogP contribution in [0.15, 0.2) is 22.7 Å². The molecule has 0 fully saturated rings. The number of rotatable bonds is 9. The van der Waals surface area contributed by atoms with Crippen LogP contribution in [0.25, 0.3) is 0 Å². The molecule has 0 atom stereocenters. The molecule has 21 heavy (non-hydrogen) atoms. The van der Waals surface area contributed by atoms with Crippen LogP contribution in [0.1, 0.15) is 39.7 Å². The summed E-state index contributed by atoms with van der Waals surface area (Å²) in [4.78, 5) is 0. The molecule has 120 valence electrons. The first-order valence-corrected chi connectivity index (χ1v) is 8.30. The second-order valence-corrected chi connectivity index (χ2v) is 7.19. The Bertz CT molecular complexity index is 433. The Morgan fingerprint density at radius 3 is 2.62 bits per heavy atom. The van der Waals surface area contributed by atoms with Crippen molar-refractivity contribution >= 4 is 15.9 Å². The van der Waals surface area contributed by atoms with Crippen molar-refractivity contribution in [3.8, 4) is 5.75 Å². The molecular weight excluding hydrogens is 330 g/mol. The molecule has 4 heteroatoms. The van der Waals surface area contributed by atoms with E-state index in [1.807, 2.05) is 12.1 Å². The monoisotopic (exact) mass is 357 g/mol. The highest BCUT2D eigenvalue weighted by Crippen LogP contribution is 2.23. The molecule has 0 aromatic heterocycles. The maximum atomic E-state index is 5.84. The molecule has 1 aromatic rings. The molecule has 3 nitrogen and oxygen atoms in total. The van der Waals surface area contributed by atoms with E-state index in [4.69, 9.17) is 9.47 Å². The van der Waals surface area contributed by atoms with E-state index in [-0.39, 0.29) is 5.60 Å². The predicted molar refractivity (Wildman–Crippen MR) is 91.9 cm³/mol. The minimum atomic E-state index is -0.142. The van der Waals surface area contributed by atoms with Crippen molar-refractivity contribution in [3.63, 3.8) is 0 Å². The average Bonchev–Trinajstić information content (AvgIpc) is 2.41. The van der Waals surface area contributed by atoms with Crippen molar-refractivity contribution in [3.05, 3.63) is 28.2 Å². The molecule has 1 rings (SSSR count). The number of hydrogen-bond acceptors (Lipinski definition) is 3. The van der Waals surface area contributed by atoms with Crippen LogP contribution in [0, 0.1) is 5.92 Å². The Hall–Kier alpha value is -0.580. The molecule has 0 aliphatic rings. The number of halogens is 1. The van der Waals surface area contributed by atoms with Gasteiger partial charge in [-0.2, -0.15) is 0 Å². The lowest BCUT2D eigenvalue weighted by Gasteiger charge is -2.22. The molecule has 0 unspecified atom stereocenters. The lowest BCUT2D eigenvalue weighted by atomic mass is 10.1. The van der Waals surface area contributed by atoms with Crippen LogP contribution in [0.4, 0.5) is 0 Å². The molecular formula is C17H28BrNO2. The Morgan fingerprint density at radius 1 is 1.29 bits per heavy atom. The van der Waals surface area contributed by atoms with Crippen molar-refractivity contribution in [2.75, 3.05) is 20.3 Å². The Kier molecular flexibility index (Phi) is 7.71. The third-order valence-corrected chi connectivity index (χ3v) is 4.18. The number of benzene rings is 1. The van der Waals surface area contributed by atoms with Gasteiger partial charge in [0.25, 0.3) is 0 Å². The van der Waals surface area contributed by atoms with Gasteiger partial charge < -0.3 is 14.8 Å². The van der Waals surface area contributed by atoms with Gasteiger partial charge in [-0.05, 0) is 50.1 Å². The van der Waals surface area contributed by atoms with Crippen LogP contribution in [0.3, 0.4) is 0 Å². The van der Waals surface area contributed by atoms with E-state index in [2.05, 4.69) is 55.0 Å². The minimum absolute atomic E-state index is 0.142. The summed E-state index contributed by atoms with van der Waals surface area (Å²) in [6.45, 7) is 11.1. The van der Waals surface area contributed by atoms with Gasteiger partial charge in [-0.3, -0.25) is 0 Å². The van der Waals surface area contributed by atoms with Crippen molar-refractivity contribution < 1.29 is 9.47 Å². The quantitative estimate of drug-likeness (QED) is 0.710. The zero-order chi connectivity index (χ0) is 15.9. The first-order valence-electron chi connectivity index (χ1n) is 7.51. The first kappa shape index (κ1) is 18.5.